The van der Waals surface area contributed by atoms with E-state index in [-0.39, 0.29) is 25.5 Å². The predicted molar refractivity (Wildman–Crippen MR) is 103 cm³/mol. The van der Waals surface area contributed by atoms with Gasteiger partial charge in [0.1, 0.15) is 18.0 Å². The number of hydrogen-bond donors (Lipinski definition) is 2. The maximum atomic E-state index is 11.7. The number of aliphatic hydroxyl groups excluding tert-OH is 1. The van der Waals surface area contributed by atoms with Crippen LogP contribution in [-0.2, 0) is 6.54 Å². The van der Waals surface area contributed by atoms with E-state index in [0.717, 1.165) is 4.88 Å². The summed E-state index contributed by atoms with van der Waals surface area (Å²) in [6.45, 7) is 0.177. The number of aromatic nitrogens is 3. The first-order valence-electron chi connectivity index (χ1n) is 8.22. The van der Waals surface area contributed by atoms with Crippen LogP contribution in [0.5, 0.6) is 5.88 Å². The van der Waals surface area contributed by atoms with Crippen molar-refractivity contribution in [3.8, 4) is 16.5 Å². The summed E-state index contributed by atoms with van der Waals surface area (Å²) in [5, 5.41) is 23.1. The van der Waals surface area contributed by atoms with Crippen molar-refractivity contribution in [3.05, 3.63) is 52.3 Å². The van der Waals surface area contributed by atoms with Gasteiger partial charge in [-0.15, -0.1) is 11.3 Å². The molecule has 0 aliphatic rings. The number of halogens is 1. The molecule has 0 aromatic carbocycles. The molecule has 4 aromatic heterocycles. The van der Waals surface area contributed by atoms with Gasteiger partial charge in [0, 0.05) is 17.5 Å². The molecular weight excluding hydrogens is 406 g/mol. The number of carboxylic acids is 1. The number of thiophene rings is 1. The minimum atomic E-state index is -1.07. The topological polar surface area (TPSA) is 111 Å². The molecule has 0 atom stereocenters. The fourth-order valence-corrected chi connectivity index (χ4v) is 3.82. The van der Waals surface area contributed by atoms with Crippen LogP contribution in [0.3, 0.4) is 0 Å². The molecule has 0 saturated carbocycles. The molecule has 10 heteroatoms. The maximum Gasteiger partial charge on any atom is 0.352 e. The first-order chi connectivity index (χ1) is 13.5. The largest absolute Gasteiger partial charge is 0.477 e. The Morgan fingerprint density at radius 3 is 2.89 bits per heavy atom. The predicted octanol–water partition coefficient (Wildman–Crippen LogP) is 3.52. The molecule has 4 aromatic rings. The highest BCUT2D eigenvalue weighted by Crippen LogP contribution is 2.32. The van der Waals surface area contributed by atoms with Crippen LogP contribution in [0.25, 0.3) is 21.5 Å². The number of ether oxygens (including phenoxy) is 1. The normalized spacial score (nSPS) is 11.2. The summed E-state index contributed by atoms with van der Waals surface area (Å²) < 4.78 is 12.9. The Kier molecular flexibility index (Phi) is 5.03. The van der Waals surface area contributed by atoms with Gasteiger partial charge < -0.3 is 24.0 Å². The number of aliphatic hydroxyl groups is 1. The Bertz CT molecular complexity index is 1150. The van der Waals surface area contributed by atoms with Crippen LogP contribution in [-0.4, -0.2) is 44.1 Å². The van der Waals surface area contributed by atoms with Gasteiger partial charge in [0.05, 0.1) is 34.1 Å². The van der Waals surface area contributed by atoms with E-state index in [1.807, 2.05) is 6.07 Å². The van der Waals surface area contributed by atoms with E-state index in [1.165, 1.54) is 17.5 Å². The number of aromatic carboxylic acids is 1. The average Bonchev–Trinajstić information content (AvgIpc) is 3.39. The molecule has 0 aliphatic carbocycles. The van der Waals surface area contributed by atoms with Gasteiger partial charge in [0.25, 0.3) is 0 Å². The van der Waals surface area contributed by atoms with Crippen molar-refractivity contribution in [1.29, 1.82) is 0 Å². The molecule has 0 bridgehead atoms. The van der Waals surface area contributed by atoms with Crippen molar-refractivity contribution in [1.82, 2.24) is 14.7 Å². The number of carboxylic acid groups (broad SMARTS) is 1. The van der Waals surface area contributed by atoms with Crippen molar-refractivity contribution in [3.63, 3.8) is 0 Å². The number of rotatable bonds is 7. The molecule has 144 valence electrons. The Morgan fingerprint density at radius 1 is 1.32 bits per heavy atom. The standard InChI is InChI=1S/C18H14ClN3O5S/c19-16-2-1-15(28-16)14-7-11(21-27-14)9-22-12(18(24)25)5-10-6-17(26-4-3-23)20-8-13(10)22/h1-2,5-8,23H,3-4,9H2,(H,24,25). The van der Waals surface area contributed by atoms with Gasteiger partial charge in [-0.3, -0.25) is 0 Å². The van der Waals surface area contributed by atoms with Crippen LogP contribution >= 0.6 is 22.9 Å². The number of carbonyl (C=O) groups is 1. The molecule has 0 saturated heterocycles. The summed E-state index contributed by atoms with van der Waals surface area (Å²) in [5.41, 5.74) is 1.29. The lowest BCUT2D eigenvalue weighted by atomic mass is 10.3. The van der Waals surface area contributed by atoms with Crippen molar-refractivity contribution >= 4 is 39.8 Å². The van der Waals surface area contributed by atoms with Crippen LogP contribution in [0.1, 0.15) is 16.2 Å². The molecule has 0 spiro atoms. The third-order valence-electron chi connectivity index (χ3n) is 4.02. The molecule has 0 radical (unpaired) electrons. The van der Waals surface area contributed by atoms with Gasteiger partial charge in [-0.2, -0.15) is 0 Å². The van der Waals surface area contributed by atoms with Crippen LogP contribution < -0.4 is 4.74 Å². The van der Waals surface area contributed by atoms with Crippen molar-refractivity contribution in [2.45, 2.75) is 6.54 Å². The summed E-state index contributed by atoms with van der Waals surface area (Å²) in [6, 6.07) is 8.55. The lowest BCUT2D eigenvalue weighted by molar-refractivity contribution is 0.0686. The minimum Gasteiger partial charge on any atom is -0.477 e. The van der Waals surface area contributed by atoms with E-state index in [4.69, 9.17) is 26.0 Å². The summed E-state index contributed by atoms with van der Waals surface area (Å²) in [6.07, 6.45) is 1.54. The minimum absolute atomic E-state index is 0.0971. The Labute approximate surface area is 167 Å². The van der Waals surface area contributed by atoms with E-state index in [0.29, 0.717) is 32.6 Å². The quantitative estimate of drug-likeness (QED) is 0.471. The number of pyridine rings is 1. The Hall–Kier alpha value is -2.88. The molecule has 0 aliphatic heterocycles. The zero-order valence-corrected chi connectivity index (χ0v) is 15.9. The molecule has 0 fully saturated rings. The van der Waals surface area contributed by atoms with E-state index in [2.05, 4.69) is 10.1 Å². The van der Waals surface area contributed by atoms with Gasteiger partial charge in [-0.05, 0) is 18.2 Å². The molecule has 0 amide bonds. The summed E-state index contributed by atoms with van der Waals surface area (Å²) in [5.74, 6) is -0.185. The molecule has 4 rings (SSSR count). The molecule has 0 unspecified atom stereocenters. The third-order valence-corrected chi connectivity index (χ3v) is 5.26. The zero-order chi connectivity index (χ0) is 19.7. The molecule has 8 nitrogen and oxygen atoms in total. The summed E-state index contributed by atoms with van der Waals surface area (Å²) >= 11 is 7.32. The van der Waals surface area contributed by atoms with Crippen LogP contribution in [0, 0.1) is 0 Å². The summed E-state index contributed by atoms with van der Waals surface area (Å²) in [4.78, 5) is 16.7. The highest BCUT2D eigenvalue weighted by atomic mass is 35.5. The van der Waals surface area contributed by atoms with Crippen molar-refractivity contribution in [2.75, 3.05) is 13.2 Å². The highest BCUT2D eigenvalue weighted by molar-refractivity contribution is 7.19. The first kappa shape index (κ1) is 18.5. The lowest BCUT2D eigenvalue weighted by Crippen LogP contribution is -2.09. The van der Waals surface area contributed by atoms with Gasteiger partial charge in [-0.25, -0.2) is 9.78 Å². The van der Waals surface area contributed by atoms with Gasteiger partial charge in [0.2, 0.25) is 5.88 Å². The van der Waals surface area contributed by atoms with Crippen LogP contribution in [0.4, 0.5) is 0 Å². The Balaban J connectivity index is 1.68. The van der Waals surface area contributed by atoms with Crippen molar-refractivity contribution in [2.24, 2.45) is 0 Å². The zero-order valence-electron chi connectivity index (χ0n) is 14.3. The average molecular weight is 420 g/mol. The van der Waals surface area contributed by atoms with E-state index < -0.39 is 5.97 Å². The lowest BCUT2D eigenvalue weighted by Gasteiger charge is -2.06. The maximum absolute atomic E-state index is 11.7. The number of nitrogens with zero attached hydrogens (tertiary/aromatic N) is 3. The smallest absolute Gasteiger partial charge is 0.352 e. The second kappa shape index (κ2) is 7.63. The van der Waals surface area contributed by atoms with E-state index in [1.54, 1.807) is 28.8 Å². The molecule has 4 heterocycles. The number of fused-ring (bicyclic) bond motifs is 1. The molecule has 2 N–H and O–H groups in total. The number of hydrogen-bond acceptors (Lipinski definition) is 7. The monoisotopic (exact) mass is 419 g/mol. The fraction of sp³-hybridized carbons (Fsp3) is 0.167. The van der Waals surface area contributed by atoms with E-state index in [9.17, 15) is 9.90 Å². The van der Waals surface area contributed by atoms with Crippen molar-refractivity contribution < 1.29 is 24.3 Å². The van der Waals surface area contributed by atoms with Gasteiger partial charge >= 0.3 is 5.97 Å². The second-order valence-electron chi connectivity index (χ2n) is 5.86. The fourth-order valence-electron chi connectivity index (χ4n) is 2.83. The molecule has 28 heavy (non-hydrogen) atoms. The van der Waals surface area contributed by atoms with Crippen LogP contribution in [0.15, 0.2) is 41.1 Å². The third kappa shape index (κ3) is 3.59. The first-order valence-corrected chi connectivity index (χ1v) is 9.42. The summed E-state index contributed by atoms with van der Waals surface area (Å²) in [7, 11) is 0. The van der Waals surface area contributed by atoms with Crippen LogP contribution in [0.2, 0.25) is 4.34 Å². The van der Waals surface area contributed by atoms with Gasteiger partial charge in [0.15, 0.2) is 5.76 Å². The highest BCUT2D eigenvalue weighted by Gasteiger charge is 2.18. The van der Waals surface area contributed by atoms with Gasteiger partial charge in [-0.1, -0.05) is 16.8 Å². The second-order valence-corrected chi connectivity index (χ2v) is 7.58. The van der Waals surface area contributed by atoms with E-state index >= 15 is 0 Å². The Morgan fingerprint density at radius 2 is 2.18 bits per heavy atom. The molecular formula is C18H14ClN3O5S. The SMILES string of the molecule is O=C(O)c1cc2cc(OCCO)ncc2n1Cc1cc(-c2ccc(Cl)s2)on1.